The second kappa shape index (κ2) is 7.78. The highest BCUT2D eigenvalue weighted by Gasteiger charge is 2.16. The maximum atomic E-state index is 12.3. The highest BCUT2D eigenvalue weighted by Crippen LogP contribution is 2.24. The van der Waals surface area contributed by atoms with Gasteiger partial charge in [0.15, 0.2) is 0 Å². The lowest BCUT2D eigenvalue weighted by atomic mass is 10.2. The summed E-state index contributed by atoms with van der Waals surface area (Å²) in [5.41, 5.74) is 3.62. The molecule has 9 heteroatoms. The third-order valence-corrected chi connectivity index (χ3v) is 4.94. The smallest absolute Gasteiger partial charge is 0.358 e. The number of carbonyl (C=O) groups excluding carboxylic acids is 1. The third-order valence-electron chi connectivity index (χ3n) is 4.94. The number of nitrogens with one attached hydrogen (secondary N) is 1. The molecule has 152 valence electrons. The summed E-state index contributed by atoms with van der Waals surface area (Å²) in [6.07, 6.45) is 1.52. The lowest BCUT2D eigenvalue weighted by Crippen LogP contribution is -2.14. The molecule has 0 aliphatic rings. The fourth-order valence-corrected chi connectivity index (χ4v) is 3.36. The first-order valence-electron chi connectivity index (χ1n) is 9.42. The van der Waals surface area contributed by atoms with E-state index < -0.39 is 4.92 Å². The molecule has 2 aromatic heterocycles. The number of amides is 1. The number of benzene rings is 2. The molecule has 4 rings (SSSR count). The molecule has 2 heterocycles. The average molecular weight is 404 g/mol. The van der Waals surface area contributed by atoms with Gasteiger partial charge in [0.1, 0.15) is 12.0 Å². The first-order valence-corrected chi connectivity index (χ1v) is 9.42. The molecule has 1 amide bonds. The van der Waals surface area contributed by atoms with Crippen LogP contribution in [0.3, 0.4) is 0 Å². The minimum atomic E-state index is -0.546. The Morgan fingerprint density at radius 3 is 2.53 bits per heavy atom. The Kier molecular flexibility index (Phi) is 5.01. The molecule has 2 aromatic carbocycles. The topological polar surface area (TPSA) is 108 Å². The van der Waals surface area contributed by atoms with Crippen LogP contribution in [0.25, 0.3) is 22.4 Å². The van der Waals surface area contributed by atoms with Crippen LogP contribution < -0.4 is 5.32 Å². The van der Waals surface area contributed by atoms with Gasteiger partial charge in [-0.1, -0.05) is 12.1 Å². The van der Waals surface area contributed by atoms with Gasteiger partial charge >= 0.3 is 5.82 Å². The first-order chi connectivity index (χ1) is 14.4. The standard InChI is InChI=1S/C21H20N6O3/c1-14-22-19(27(29)30)13-26(14)12-11-20(28)23-16-9-7-15(8-10-16)21-24-17-5-3-4-6-18(17)25(21)2/h3-10,13H,11-12H2,1-2H3,(H,23,28). The van der Waals surface area contributed by atoms with E-state index in [1.165, 1.54) is 6.20 Å². The van der Waals surface area contributed by atoms with Crippen molar-refractivity contribution in [2.24, 2.45) is 7.05 Å². The molecule has 0 unspecified atom stereocenters. The predicted octanol–water partition coefficient (Wildman–Crippen LogP) is 3.68. The number of rotatable bonds is 6. The van der Waals surface area contributed by atoms with Gasteiger partial charge < -0.3 is 24.6 Å². The van der Waals surface area contributed by atoms with E-state index in [0.717, 1.165) is 22.4 Å². The molecular weight excluding hydrogens is 384 g/mol. The van der Waals surface area contributed by atoms with E-state index in [1.807, 2.05) is 60.1 Å². The second-order valence-electron chi connectivity index (χ2n) is 6.96. The average Bonchev–Trinajstić information content (AvgIpc) is 3.27. The molecule has 1 N–H and O–H groups in total. The van der Waals surface area contributed by atoms with Crippen LogP contribution in [0.2, 0.25) is 0 Å². The largest absolute Gasteiger partial charge is 0.381 e. The summed E-state index contributed by atoms with van der Waals surface area (Å²) in [6, 6.07) is 15.4. The van der Waals surface area contributed by atoms with Gasteiger partial charge in [-0.15, -0.1) is 0 Å². The molecule has 0 saturated heterocycles. The highest BCUT2D eigenvalue weighted by molar-refractivity contribution is 5.91. The zero-order valence-corrected chi connectivity index (χ0v) is 16.6. The molecular formula is C21H20N6O3. The molecule has 9 nitrogen and oxygen atoms in total. The van der Waals surface area contributed by atoms with E-state index in [4.69, 9.17) is 0 Å². The quantitative estimate of drug-likeness (QED) is 0.390. The van der Waals surface area contributed by atoms with Crippen molar-refractivity contribution in [1.82, 2.24) is 19.1 Å². The summed E-state index contributed by atoms with van der Waals surface area (Å²) < 4.78 is 3.64. The molecule has 0 radical (unpaired) electrons. The molecule has 4 aromatic rings. The monoisotopic (exact) mass is 404 g/mol. The van der Waals surface area contributed by atoms with Gasteiger partial charge in [-0.2, -0.15) is 0 Å². The van der Waals surface area contributed by atoms with Gasteiger partial charge in [0.05, 0.1) is 11.0 Å². The van der Waals surface area contributed by atoms with Crippen molar-refractivity contribution in [2.45, 2.75) is 19.9 Å². The van der Waals surface area contributed by atoms with E-state index in [-0.39, 0.29) is 18.1 Å². The summed E-state index contributed by atoms with van der Waals surface area (Å²) in [5.74, 6) is 0.958. The Balaban J connectivity index is 1.41. The summed E-state index contributed by atoms with van der Waals surface area (Å²) in [6.45, 7) is 1.99. The number of nitro groups is 1. The van der Waals surface area contributed by atoms with E-state index >= 15 is 0 Å². The number of carbonyl (C=O) groups is 1. The van der Waals surface area contributed by atoms with Crippen molar-refractivity contribution in [2.75, 3.05) is 5.32 Å². The molecule has 0 bridgehead atoms. The summed E-state index contributed by atoms with van der Waals surface area (Å²) in [5, 5.41) is 13.6. The van der Waals surface area contributed by atoms with Gasteiger partial charge in [0.25, 0.3) is 0 Å². The third kappa shape index (κ3) is 3.77. The zero-order chi connectivity index (χ0) is 21.3. The Morgan fingerprint density at radius 2 is 1.87 bits per heavy atom. The molecule has 0 spiro atoms. The Morgan fingerprint density at radius 1 is 1.13 bits per heavy atom. The van der Waals surface area contributed by atoms with E-state index in [9.17, 15) is 14.9 Å². The van der Waals surface area contributed by atoms with Crippen LogP contribution >= 0.6 is 0 Å². The molecule has 0 aliphatic heterocycles. The Hall–Kier alpha value is -4.01. The number of nitrogens with zero attached hydrogens (tertiary/aromatic N) is 5. The molecule has 30 heavy (non-hydrogen) atoms. The minimum Gasteiger partial charge on any atom is -0.358 e. The summed E-state index contributed by atoms with van der Waals surface area (Å²) in [7, 11) is 1.97. The lowest BCUT2D eigenvalue weighted by molar-refractivity contribution is -0.389. The summed E-state index contributed by atoms with van der Waals surface area (Å²) >= 11 is 0. The van der Waals surface area contributed by atoms with Gasteiger partial charge in [-0.3, -0.25) is 4.79 Å². The molecule has 0 saturated carbocycles. The zero-order valence-electron chi connectivity index (χ0n) is 16.6. The lowest BCUT2D eigenvalue weighted by Gasteiger charge is -2.07. The van der Waals surface area contributed by atoms with Crippen molar-refractivity contribution in [3.05, 3.63) is 70.7 Å². The van der Waals surface area contributed by atoms with Crippen LogP contribution in [0.4, 0.5) is 11.5 Å². The van der Waals surface area contributed by atoms with E-state index in [0.29, 0.717) is 18.1 Å². The predicted molar refractivity (Wildman–Crippen MR) is 113 cm³/mol. The van der Waals surface area contributed by atoms with E-state index in [2.05, 4.69) is 15.3 Å². The number of fused-ring (bicyclic) bond motifs is 1. The van der Waals surface area contributed by atoms with Crippen LogP contribution in [0.15, 0.2) is 54.7 Å². The fourth-order valence-electron chi connectivity index (χ4n) is 3.36. The molecule has 0 fully saturated rings. The van der Waals surface area contributed by atoms with Crippen molar-refractivity contribution < 1.29 is 9.72 Å². The number of aromatic nitrogens is 4. The fraction of sp³-hybridized carbons (Fsp3) is 0.190. The van der Waals surface area contributed by atoms with Gasteiger partial charge in [0.2, 0.25) is 11.7 Å². The van der Waals surface area contributed by atoms with Crippen LogP contribution in [0.5, 0.6) is 0 Å². The van der Waals surface area contributed by atoms with Crippen molar-refractivity contribution in [1.29, 1.82) is 0 Å². The van der Waals surface area contributed by atoms with Crippen LogP contribution in [-0.2, 0) is 18.4 Å². The van der Waals surface area contributed by atoms with Crippen LogP contribution in [0, 0.1) is 17.0 Å². The van der Waals surface area contributed by atoms with Gasteiger partial charge in [-0.25, -0.2) is 4.98 Å². The van der Waals surface area contributed by atoms with Gasteiger partial charge in [0, 0.05) is 38.2 Å². The second-order valence-corrected chi connectivity index (χ2v) is 6.96. The normalized spacial score (nSPS) is 11.0. The minimum absolute atomic E-state index is 0.179. The van der Waals surface area contributed by atoms with Crippen molar-refractivity contribution in [3.8, 4) is 11.4 Å². The van der Waals surface area contributed by atoms with Gasteiger partial charge in [-0.05, 0) is 46.3 Å². The molecule has 0 atom stereocenters. The molecule has 0 aliphatic carbocycles. The Labute approximate surface area is 172 Å². The van der Waals surface area contributed by atoms with Crippen molar-refractivity contribution >= 4 is 28.4 Å². The SMILES string of the molecule is Cc1nc([N+](=O)[O-])cn1CCC(=O)Nc1ccc(-c2nc3ccccc3n2C)cc1. The van der Waals surface area contributed by atoms with Crippen LogP contribution in [-0.4, -0.2) is 29.9 Å². The van der Waals surface area contributed by atoms with Crippen LogP contribution in [0.1, 0.15) is 12.2 Å². The highest BCUT2D eigenvalue weighted by atomic mass is 16.6. The number of imidazole rings is 2. The first kappa shape index (κ1) is 19.3. The number of aryl methyl sites for hydroxylation is 3. The van der Waals surface area contributed by atoms with E-state index in [1.54, 1.807) is 11.5 Å². The number of hydrogen-bond acceptors (Lipinski definition) is 5. The maximum Gasteiger partial charge on any atom is 0.381 e. The Bertz CT molecular complexity index is 1240. The van der Waals surface area contributed by atoms with Crippen molar-refractivity contribution in [3.63, 3.8) is 0 Å². The number of para-hydroxylation sites is 2. The summed E-state index contributed by atoms with van der Waals surface area (Å²) in [4.78, 5) is 31.1. The number of hydrogen-bond donors (Lipinski definition) is 1. The maximum absolute atomic E-state index is 12.3. The number of anilines is 1.